The van der Waals surface area contributed by atoms with E-state index in [1.54, 1.807) is 0 Å². The molecule has 0 atom stereocenters. The van der Waals surface area contributed by atoms with Crippen LogP contribution in [0.2, 0.25) is 0 Å². The number of nitrogens with one attached hydrogen (secondary N) is 1. The molecule has 2 nitrogen and oxygen atoms in total. The van der Waals surface area contributed by atoms with Gasteiger partial charge in [-0.15, -0.1) is 0 Å². The molecule has 0 saturated carbocycles. The molecular weight excluding hydrogens is 263 g/mol. The van der Waals surface area contributed by atoms with Gasteiger partial charge in [0.05, 0.1) is 11.4 Å². The molecule has 0 radical (unpaired) electrons. The highest BCUT2D eigenvalue weighted by Gasteiger charge is 2.27. The Morgan fingerprint density at radius 3 is 2.47 bits per heavy atom. The summed E-state index contributed by atoms with van der Waals surface area (Å²) >= 11 is -0.251. The maximum atomic E-state index is 13.2. The van der Waals surface area contributed by atoms with Gasteiger partial charge in [0, 0.05) is 12.3 Å². The Balaban J connectivity index is 2.55. The molecule has 0 aliphatic rings. The van der Waals surface area contributed by atoms with Crippen molar-refractivity contribution in [3.8, 4) is 0 Å². The highest BCUT2D eigenvalue weighted by atomic mass is 32.2. The third-order valence-corrected chi connectivity index (χ3v) is 2.53. The summed E-state index contributed by atoms with van der Waals surface area (Å²) in [5, 5.41) is 2.33. The molecule has 0 saturated heterocycles. The van der Waals surface area contributed by atoms with Crippen molar-refractivity contribution in [2.45, 2.75) is 5.51 Å². The first-order valence-corrected chi connectivity index (χ1v) is 5.48. The monoisotopic (exact) mass is 272 g/mol. The van der Waals surface area contributed by atoms with Crippen LogP contribution in [0.5, 0.6) is 0 Å². The van der Waals surface area contributed by atoms with Crippen LogP contribution in [0.4, 0.5) is 33.3 Å². The molecule has 1 aromatic carbocycles. The lowest BCUT2D eigenvalue weighted by atomic mass is 10.2. The third-order valence-electron chi connectivity index (χ3n) is 1.80. The van der Waals surface area contributed by atoms with Gasteiger partial charge in [0.15, 0.2) is 11.6 Å². The van der Waals surface area contributed by atoms with Crippen LogP contribution < -0.4 is 11.1 Å². The van der Waals surface area contributed by atoms with Crippen molar-refractivity contribution < 1.29 is 22.0 Å². The summed E-state index contributed by atoms with van der Waals surface area (Å²) < 4.78 is 61.3. The second-order valence-electron chi connectivity index (χ2n) is 3.05. The number of rotatable bonds is 4. The fraction of sp³-hybridized carbons (Fsp3) is 0.333. The molecule has 0 unspecified atom stereocenters. The number of nitrogen functional groups attached to an aromatic ring is 1. The lowest BCUT2D eigenvalue weighted by molar-refractivity contribution is -0.0327. The van der Waals surface area contributed by atoms with Crippen molar-refractivity contribution >= 4 is 23.1 Å². The highest BCUT2D eigenvalue weighted by molar-refractivity contribution is 8.00. The smallest absolute Gasteiger partial charge is 0.397 e. The van der Waals surface area contributed by atoms with E-state index in [0.29, 0.717) is 0 Å². The van der Waals surface area contributed by atoms with Crippen molar-refractivity contribution in [2.24, 2.45) is 0 Å². The molecule has 1 rings (SSSR count). The third kappa shape index (κ3) is 4.29. The van der Waals surface area contributed by atoms with Gasteiger partial charge >= 0.3 is 5.51 Å². The molecule has 0 heterocycles. The molecule has 3 N–H and O–H groups in total. The van der Waals surface area contributed by atoms with Crippen molar-refractivity contribution in [2.75, 3.05) is 23.3 Å². The number of anilines is 2. The number of hydrogen-bond donors (Lipinski definition) is 2. The van der Waals surface area contributed by atoms with Crippen LogP contribution >= 0.6 is 11.8 Å². The quantitative estimate of drug-likeness (QED) is 0.502. The van der Waals surface area contributed by atoms with Gasteiger partial charge in [-0.05, 0) is 23.9 Å². The average molecular weight is 272 g/mol. The highest BCUT2D eigenvalue weighted by Crippen LogP contribution is 2.30. The molecule has 0 spiro atoms. The van der Waals surface area contributed by atoms with Crippen LogP contribution in [-0.4, -0.2) is 17.8 Å². The van der Waals surface area contributed by atoms with E-state index in [-0.39, 0.29) is 35.4 Å². The molecular formula is C9H9F5N2S. The minimum absolute atomic E-state index is 0.0547. The number of halogens is 5. The van der Waals surface area contributed by atoms with E-state index < -0.39 is 17.1 Å². The average Bonchev–Trinajstić information content (AvgIpc) is 2.21. The van der Waals surface area contributed by atoms with Gasteiger partial charge in [0.25, 0.3) is 0 Å². The van der Waals surface area contributed by atoms with Crippen LogP contribution in [0, 0.1) is 11.6 Å². The number of hydrogen-bond acceptors (Lipinski definition) is 3. The molecule has 0 aliphatic carbocycles. The molecule has 0 fully saturated rings. The fourth-order valence-electron chi connectivity index (χ4n) is 1.09. The Hall–Kier alpha value is -1.18. The van der Waals surface area contributed by atoms with Crippen LogP contribution in [0.1, 0.15) is 0 Å². The fourth-order valence-corrected chi connectivity index (χ4v) is 1.52. The lowest BCUT2D eigenvalue weighted by Crippen LogP contribution is -2.12. The van der Waals surface area contributed by atoms with Gasteiger partial charge in [-0.2, -0.15) is 13.2 Å². The Labute approximate surface area is 98.4 Å². The summed E-state index contributed by atoms with van der Waals surface area (Å²) in [5.74, 6) is -2.62. The van der Waals surface area contributed by atoms with Crippen LogP contribution in [-0.2, 0) is 0 Å². The molecule has 0 bridgehead atoms. The summed E-state index contributed by atoms with van der Waals surface area (Å²) in [6, 6.07) is 1.98. The minimum Gasteiger partial charge on any atom is -0.397 e. The van der Waals surface area contributed by atoms with E-state index in [1.165, 1.54) is 0 Å². The van der Waals surface area contributed by atoms with Gasteiger partial charge in [0.2, 0.25) is 0 Å². The molecule has 8 heteroatoms. The van der Waals surface area contributed by atoms with Crippen molar-refractivity contribution in [1.82, 2.24) is 0 Å². The molecule has 0 aliphatic heterocycles. The first kappa shape index (κ1) is 13.9. The molecule has 96 valence electrons. The second kappa shape index (κ2) is 5.44. The zero-order valence-electron chi connectivity index (χ0n) is 8.44. The summed E-state index contributed by atoms with van der Waals surface area (Å²) in [7, 11) is 0. The predicted molar refractivity (Wildman–Crippen MR) is 57.8 cm³/mol. The van der Waals surface area contributed by atoms with Gasteiger partial charge in [-0.3, -0.25) is 0 Å². The molecule has 0 amide bonds. The topological polar surface area (TPSA) is 38.0 Å². The minimum atomic E-state index is -4.34. The largest absolute Gasteiger partial charge is 0.441 e. The summed E-state index contributed by atoms with van der Waals surface area (Å²) in [4.78, 5) is 0. The van der Waals surface area contributed by atoms with Crippen LogP contribution in [0.25, 0.3) is 0 Å². The summed E-state index contributed by atoms with van der Waals surface area (Å²) in [6.07, 6.45) is 0. The molecule has 1 aromatic rings. The van der Waals surface area contributed by atoms with Crippen LogP contribution in [0.15, 0.2) is 12.1 Å². The van der Waals surface area contributed by atoms with E-state index in [1.807, 2.05) is 0 Å². The first-order chi connectivity index (χ1) is 7.81. The number of thioether (sulfide) groups is 1. The molecule has 0 aromatic heterocycles. The van der Waals surface area contributed by atoms with E-state index in [0.717, 1.165) is 12.1 Å². The van der Waals surface area contributed by atoms with E-state index in [2.05, 4.69) is 5.32 Å². The number of nitrogens with two attached hydrogens (primary N) is 1. The number of alkyl halides is 3. The van der Waals surface area contributed by atoms with Gasteiger partial charge in [-0.25, -0.2) is 8.78 Å². The zero-order chi connectivity index (χ0) is 13.1. The maximum absolute atomic E-state index is 13.2. The van der Waals surface area contributed by atoms with Crippen LogP contribution in [0.3, 0.4) is 0 Å². The zero-order valence-corrected chi connectivity index (χ0v) is 9.26. The van der Waals surface area contributed by atoms with Gasteiger partial charge < -0.3 is 11.1 Å². The first-order valence-electron chi connectivity index (χ1n) is 4.49. The second-order valence-corrected chi connectivity index (χ2v) is 4.21. The Morgan fingerprint density at radius 1 is 1.24 bits per heavy atom. The van der Waals surface area contributed by atoms with E-state index in [4.69, 9.17) is 5.73 Å². The maximum Gasteiger partial charge on any atom is 0.441 e. The molecule has 17 heavy (non-hydrogen) atoms. The standard InChI is InChI=1S/C9H9F5N2S/c10-5-1-2-6(15)8(7(5)11)16-3-4-17-9(12,13)14/h1-2,16H,3-4,15H2. The van der Waals surface area contributed by atoms with E-state index >= 15 is 0 Å². The summed E-state index contributed by atoms with van der Waals surface area (Å²) in [6.45, 7) is -0.172. The predicted octanol–water partition coefficient (Wildman–Crippen LogP) is 3.21. The Morgan fingerprint density at radius 2 is 1.88 bits per heavy atom. The SMILES string of the molecule is Nc1ccc(F)c(F)c1NCCSC(F)(F)F. The summed E-state index contributed by atoms with van der Waals surface area (Å²) in [5.41, 5.74) is 0.654. The Kier molecular flexibility index (Phi) is 4.44. The number of benzene rings is 1. The van der Waals surface area contributed by atoms with E-state index in [9.17, 15) is 22.0 Å². The van der Waals surface area contributed by atoms with Crippen molar-refractivity contribution in [3.63, 3.8) is 0 Å². The van der Waals surface area contributed by atoms with Crippen molar-refractivity contribution in [3.05, 3.63) is 23.8 Å². The van der Waals surface area contributed by atoms with Gasteiger partial charge in [0.1, 0.15) is 0 Å². The normalized spacial score (nSPS) is 11.6. The lowest BCUT2D eigenvalue weighted by Gasteiger charge is -2.11. The Bertz CT molecular complexity index is 394. The van der Waals surface area contributed by atoms with Gasteiger partial charge in [-0.1, -0.05) is 0 Å². The van der Waals surface area contributed by atoms with Crippen molar-refractivity contribution in [1.29, 1.82) is 0 Å².